The highest BCUT2D eigenvalue weighted by Crippen LogP contribution is 2.31. The standard InChI is InChI=1S/C11H11NO2/c1-7(13)6-9-8-4-2-3-5-10(8)12-11(9)14/h2-7,13H,1H3,(H,12,14)/b9-6+. The normalized spacial score (nSPS) is 19.3. The highest BCUT2D eigenvalue weighted by Gasteiger charge is 2.23. The minimum absolute atomic E-state index is 0.146. The number of fused-ring (bicyclic) bond motifs is 1. The number of carbonyl (C=O) groups is 1. The first kappa shape index (κ1) is 8.97. The summed E-state index contributed by atoms with van der Waals surface area (Å²) in [5.74, 6) is -0.146. The molecule has 0 spiro atoms. The van der Waals surface area contributed by atoms with Crippen LogP contribution in [-0.4, -0.2) is 17.1 Å². The van der Waals surface area contributed by atoms with Gasteiger partial charge in [0, 0.05) is 16.8 Å². The van der Waals surface area contributed by atoms with Crippen molar-refractivity contribution in [3.05, 3.63) is 35.9 Å². The minimum atomic E-state index is -0.609. The fourth-order valence-corrected chi connectivity index (χ4v) is 1.55. The molecule has 72 valence electrons. The molecule has 1 amide bonds. The van der Waals surface area contributed by atoms with Crippen molar-refractivity contribution < 1.29 is 9.90 Å². The largest absolute Gasteiger partial charge is 0.389 e. The summed E-state index contributed by atoms with van der Waals surface area (Å²) < 4.78 is 0. The molecular formula is C11H11NO2. The van der Waals surface area contributed by atoms with Crippen LogP contribution in [0.2, 0.25) is 0 Å². The third kappa shape index (κ3) is 1.42. The predicted molar refractivity (Wildman–Crippen MR) is 54.7 cm³/mol. The molecule has 1 unspecified atom stereocenters. The lowest BCUT2D eigenvalue weighted by Gasteiger charge is -1.98. The van der Waals surface area contributed by atoms with Crippen LogP contribution in [0.25, 0.3) is 5.57 Å². The van der Waals surface area contributed by atoms with Gasteiger partial charge in [-0.05, 0) is 19.1 Å². The van der Waals surface area contributed by atoms with Crippen molar-refractivity contribution in [1.82, 2.24) is 0 Å². The van der Waals surface area contributed by atoms with E-state index in [4.69, 9.17) is 0 Å². The number of anilines is 1. The van der Waals surface area contributed by atoms with E-state index >= 15 is 0 Å². The summed E-state index contributed by atoms with van der Waals surface area (Å²) in [6.07, 6.45) is 0.947. The van der Waals surface area contributed by atoms with Crippen molar-refractivity contribution in [3.63, 3.8) is 0 Å². The Bertz CT molecular complexity index is 408. The highest BCUT2D eigenvalue weighted by atomic mass is 16.3. The molecule has 1 aromatic carbocycles. The number of para-hydroxylation sites is 1. The molecule has 0 bridgehead atoms. The molecule has 1 aromatic rings. The second-order valence-corrected chi connectivity index (χ2v) is 3.32. The Hall–Kier alpha value is -1.61. The van der Waals surface area contributed by atoms with Crippen LogP contribution >= 0.6 is 0 Å². The summed E-state index contributed by atoms with van der Waals surface area (Å²) in [6, 6.07) is 7.44. The summed E-state index contributed by atoms with van der Waals surface area (Å²) in [5, 5.41) is 11.9. The van der Waals surface area contributed by atoms with Gasteiger partial charge in [0.25, 0.3) is 5.91 Å². The maximum atomic E-state index is 11.5. The maximum Gasteiger partial charge on any atom is 0.256 e. The van der Waals surface area contributed by atoms with E-state index in [0.717, 1.165) is 11.3 Å². The Labute approximate surface area is 82.1 Å². The first-order chi connectivity index (χ1) is 6.68. The Morgan fingerprint density at radius 3 is 2.86 bits per heavy atom. The monoisotopic (exact) mass is 189 g/mol. The molecule has 1 aliphatic rings. The molecule has 14 heavy (non-hydrogen) atoms. The fraction of sp³-hybridized carbons (Fsp3) is 0.182. The molecule has 1 aliphatic heterocycles. The minimum Gasteiger partial charge on any atom is -0.389 e. The summed E-state index contributed by atoms with van der Waals surface area (Å²) in [4.78, 5) is 11.5. The summed E-state index contributed by atoms with van der Waals surface area (Å²) in [5.41, 5.74) is 2.22. The number of nitrogens with one attached hydrogen (secondary N) is 1. The lowest BCUT2D eigenvalue weighted by molar-refractivity contribution is -0.110. The first-order valence-electron chi connectivity index (χ1n) is 4.49. The third-order valence-electron chi connectivity index (χ3n) is 2.12. The molecule has 0 radical (unpaired) electrons. The summed E-state index contributed by atoms with van der Waals surface area (Å²) >= 11 is 0. The molecule has 0 saturated heterocycles. The SMILES string of the molecule is CC(O)/C=C1/C(=O)Nc2ccccc21. The highest BCUT2D eigenvalue weighted by molar-refractivity contribution is 6.31. The van der Waals surface area contributed by atoms with E-state index in [-0.39, 0.29) is 5.91 Å². The van der Waals surface area contributed by atoms with Gasteiger partial charge < -0.3 is 10.4 Å². The molecule has 0 fully saturated rings. The molecule has 3 nitrogen and oxygen atoms in total. The average Bonchev–Trinajstić information content (AvgIpc) is 2.43. The number of carbonyl (C=O) groups excluding carboxylic acids is 1. The molecule has 2 rings (SSSR count). The van der Waals surface area contributed by atoms with Crippen LogP contribution in [0.3, 0.4) is 0 Å². The summed E-state index contributed by atoms with van der Waals surface area (Å²) in [7, 11) is 0. The molecule has 2 N–H and O–H groups in total. The maximum absolute atomic E-state index is 11.5. The van der Waals surface area contributed by atoms with Gasteiger partial charge in [0.1, 0.15) is 0 Å². The van der Waals surface area contributed by atoms with Gasteiger partial charge in [0.05, 0.1) is 6.10 Å². The quantitative estimate of drug-likeness (QED) is 0.656. The topological polar surface area (TPSA) is 49.3 Å². The van der Waals surface area contributed by atoms with E-state index < -0.39 is 6.10 Å². The second kappa shape index (κ2) is 3.27. The van der Waals surface area contributed by atoms with Crippen LogP contribution in [0.5, 0.6) is 0 Å². The zero-order valence-electron chi connectivity index (χ0n) is 7.82. The van der Waals surface area contributed by atoms with Crippen LogP contribution in [-0.2, 0) is 4.79 Å². The first-order valence-corrected chi connectivity index (χ1v) is 4.49. The lowest BCUT2D eigenvalue weighted by Crippen LogP contribution is -2.06. The predicted octanol–water partition coefficient (Wildman–Crippen LogP) is 1.40. The molecular weight excluding hydrogens is 178 g/mol. The van der Waals surface area contributed by atoms with E-state index in [1.165, 1.54) is 0 Å². The van der Waals surface area contributed by atoms with Gasteiger partial charge in [0.15, 0.2) is 0 Å². The molecule has 1 atom stereocenters. The number of rotatable bonds is 1. The number of aliphatic hydroxyl groups excluding tert-OH is 1. The number of amides is 1. The second-order valence-electron chi connectivity index (χ2n) is 3.32. The van der Waals surface area contributed by atoms with Crippen LogP contribution in [0.4, 0.5) is 5.69 Å². The van der Waals surface area contributed by atoms with Gasteiger partial charge in [-0.2, -0.15) is 0 Å². The van der Waals surface area contributed by atoms with Crippen molar-refractivity contribution in [2.24, 2.45) is 0 Å². The zero-order chi connectivity index (χ0) is 10.1. The molecule has 1 heterocycles. The van der Waals surface area contributed by atoms with E-state index in [2.05, 4.69) is 5.32 Å². The fourth-order valence-electron chi connectivity index (χ4n) is 1.55. The molecule has 0 aliphatic carbocycles. The number of hydrogen-bond acceptors (Lipinski definition) is 2. The van der Waals surface area contributed by atoms with Gasteiger partial charge in [-0.3, -0.25) is 4.79 Å². The molecule has 0 saturated carbocycles. The Morgan fingerprint density at radius 1 is 1.43 bits per heavy atom. The van der Waals surface area contributed by atoms with Gasteiger partial charge in [-0.25, -0.2) is 0 Å². The van der Waals surface area contributed by atoms with Crippen molar-refractivity contribution in [2.75, 3.05) is 5.32 Å². The molecule has 3 heteroatoms. The Kier molecular flexibility index (Phi) is 2.09. The average molecular weight is 189 g/mol. The van der Waals surface area contributed by atoms with E-state index in [9.17, 15) is 9.90 Å². The zero-order valence-corrected chi connectivity index (χ0v) is 7.82. The Balaban J connectivity index is 2.50. The smallest absolute Gasteiger partial charge is 0.256 e. The number of aliphatic hydroxyl groups is 1. The van der Waals surface area contributed by atoms with Crippen LogP contribution in [0.1, 0.15) is 12.5 Å². The lowest BCUT2D eigenvalue weighted by atomic mass is 10.1. The number of benzene rings is 1. The molecule has 0 aromatic heterocycles. The van der Waals surface area contributed by atoms with Crippen molar-refractivity contribution >= 4 is 17.2 Å². The van der Waals surface area contributed by atoms with Gasteiger partial charge in [-0.15, -0.1) is 0 Å². The van der Waals surface area contributed by atoms with Crippen LogP contribution in [0.15, 0.2) is 30.3 Å². The van der Waals surface area contributed by atoms with Crippen molar-refractivity contribution in [2.45, 2.75) is 13.0 Å². The van der Waals surface area contributed by atoms with Crippen molar-refractivity contribution in [3.8, 4) is 0 Å². The van der Waals surface area contributed by atoms with Gasteiger partial charge in [0.2, 0.25) is 0 Å². The number of hydrogen-bond donors (Lipinski definition) is 2. The van der Waals surface area contributed by atoms with Gasteiger partial charge >= 0.3 is 0 Å². The van der Waals surface area contributed by atoms with E-state index in [1.54, 1.807) is 13.0 Å². The third-order valence-corrected chi connectivity index (χ3v) is 2.12. The van der Waals surface area contributed by atoms with E-state index in [0.29, 0.717) is 5.57 Å². The van der Waals surface area contributed by atoms with Crippen LogP contribution in [0, 0.1) is 0 Å². The summed E-state index contributed by atoms with van der Waals surface area (Å²) in [6.45, 7) is 1.63. The van der Waals surface area contributed by atoms with E-state index in [1.807, 2.05) is 24.3 Å². The van der Waals surface area contributed by atoms with Crippen LogP contribution < -0.4 is 5.32 Å². The van der Waals surface area contributed by atoms with Gasteiger partial charge in [-0.1, -0.05) is 18.2 Å². The van der Waals surface area contributed by atoms with Crippen molar-refractivity contribution in [1.29, 1.82) is 0 Å². The Morgan fingerprint density at radius 2 is 2.14 bits per heavy atom.